The van der Waals surface area contributed by atoms with Crippen LogP contribution in [0.25, 0.3) is 90.9 Å². The fraction of sp³-hybridized carbons (Fsp3) is 0.214. The van der Waals surface area contributed by atoms with Crippen LogP contribution in [-0.4, -0.2) is 134 Å². The van der Waals surface area contributed by atoms with E-state index in [4.69, 9.17) is 9.47 Å². The highest BCUT2D eigenvalue weighted by molar-refractivity contribution is 8.00. The summed E-state index contributed by atoms with van der Waals surface area (Å²) in [5.74, 6) is -46.0. The second-order valence-electron chi connectivity index (χ2n) is 19.9. The topological polar surface area (TPSA) is 238 Å². The monoisotopic (exact) mass is 1330 g/mol. The summed E-state index contributed by atoms with van der Waals surface area (Å²) in [6.07, 6.45) is -14.3. The highest BCUT2D eigenvalue weighted by atomic mass is 32.2. The van der Waals surface area contributed by atoms with Gasteiger partial charge in [0.25, 0.3) is 0 Å². The lowest BCUT2D eigenvalue weighted by Crippen LogP contribution is -2.57. The first-order valence-electron chi connectivity index (χ1n) is 25.4. The van der Waals surface area contributed by atoms with Gasteiger partial charge in [-0.15, -0.1) is 0 Å². The van der Waals surface area contributed by atoms with Gasteiger partial charge >= 0.3 is 0 Å². The average Bonchev–Trinajstić information content (AvgIpc) is 1.49. The number of aliphatic hydroxyl groups is 8. The van der Waals surface area contributed by atoms with Gasteiger partial charge in [-0.2, -0.15) is 0 Å². The minimum Gasteiger partial charge on any atom is -0.394 e. The molecule has 10 atom stereocenters. The highest BCUT2D eigenvalue weighted by Gasteiger charge is 2.47. The number of fused-ring (bicyclic) bond motifs is 8. The van der Waals surface area contributed by atoms with E-state index in [-0.39, 0.29) is 23.5 Å². The van der Waals surface area contributed by atoms with Gasteiger partial charge in [0.05, 0.1) is 68.0 Å². The molecule has 90 heavy (non-hydrogen) atoms. The van der Waals surface area contributed by atoms with Crippen molar-refractivity contribution < 1.29 is 129 Å². The quantitative estimate of drug-likeness (QED) is 0.0349. The molecule has 0 spiro atoms. The fourth-order valence-corrected chi connectivity index (χ4v) is 12.6. The minimum absolute atomic E-state index is 0.342. The molecule has 4 aliphatic heterocycles. The van der Waals surface area contributed by atoms with Crippen molar-refractivity contribution in [2.24, 2.45) is 0 Å². The SMILES string of the molecule is OC[C@H]1O[C@H](Sc2c(F)c(F)c(-c3c4nc(c(-c5c(F)c(F)c(F)c(F)c5F)c5ccc([nH]5)c(-c5c(F)c(F)c(S[C@H]6O[C@H](CO)[C@@H](O)C(O)C6O)c(F)c5F)c5nc(c(-c6c(F)c(F)c(F)c(F)c6F)c6ccc3[nH]6)C=C5)C=C4)c(F)c2F)C(O)[C@@H](O)[C@@H]1O. The number of aromatic nitrogens is 4. The number of thioether (sulfide) groups is 2. The zero-order valence-corrected chi connectivity index (χ0v) is 45.3. The molecule has 0 radical (unpaired) electrons. The molecule has 474 valence electrons. The maximum absolute atomic E-state index is 17.1. The van der Waals surface area contributed by atoms with Gasteiger partial charge in [0.1, 0.15) is 59.7 Å². The van der Waals surface area contributed by atoms with E-state index in [1.807, 2.05) is 0 Å². The molecule has 3 aromatic heterocycles. The molecule has 10 N–H and O–H groups in total. The van der Waals surface area contributed by atoms with Crippen molar-refractivity contribution in [1.82, 2.24) is 19.9 Å². The molecule has 7 heterocycles. The zero-order valence-electron chi connectivity index (χ0n) is 43.7. The van der Waals surface area contributed by atoms with Gasteiger partial charge in [0.2, 0.25) is 11.6 Å². The molecule has 8 bridgehead atoms. The Morgan fingerprint density at radius 3 is 0.767 bits per heavy atom. The summed E-state index contributed by atoms with van der Waals surface area (Å²) < 4.78 is 301. The molecule has 7 aromatic rings. The molecular weight excluding hydrogens is 1290 g/mol. The smallest absolute Gasteiger partial charge is 0.200 e. The van der Waals surface area contributed by atoms with Gasteiger partial charge < -0.3 is 60.3 Å². The Kier molecular flexibility index (Phi) is 17.1. The van der Waals surface area contributed by atoms with E-state index in [2.05, 4.69) is 19.9 Å². The first-order valence-corrected chi connectivity index (χ1v) is 27.2. The lowest BCUT2D eigenvalue weighted by atomic mass is 10.0. The molecule has 4 aromatic carbocycles. The molecule has 34 heteroatoms. The molecule has 3 unspecified atom stereocenters. The number of rotatable bonds is 10. The Morgan fingerprint density at radius 2 is 0.533 bits per heavy atom. The maximum Gasteiger partial charge on any atom is 0.200 e. The second kappa shape index (κ2) is 24.0. The molecule has 2 saturated heterocycles. The highest BCUT2D eigenvalue weighted by Crippen LogP contribution is 2.48. The number of hydrogen-bond donors (Lipinski definition) is 10. The van der Waals surface area contributed by atoms with E-state index in [0.29, 0.717) is 48.6 Å². The molecule has 0 aliphatic carbocycles. The molecule has 14 nitrogen and oxygen atoms in total. The van der Waals surface area contributed by atoms with E-state index in [1.54, 1.807) is 0 Å². The Hall–Kier alpha value is -7.48. The van der Waals surface area contributed by atoms with Crippen LogP contribution in [0.4, 0.5) is 79.0 Å². The van der Waals surface area contributed by atoms with E-state index in [9.17, 15) is 49.6 Å². The molecular formula is C56H32F18N4O10S2. The Labute approximate surface area is 496 Å². The Bertz CT molecular complexity index is 4050. The van der Waals surface area contributed by atoms with Crippen molar-refractivity contribution in [3.05, 3.63) is 152 Å². The zero-order chi connectivity index (χ0) is 65.3. The Balaban J connectivity index is 1.27. The maximum atomic E-state index is 17.1. The van der Waals surface area contributed by atoms with Crippen LogP contribution in [0.2, 0.25) is 0 Å². The van der Waals surface area contributed by atoms with Crippen molar-refractivity contribution in [3.63, 3.8) is 0 Å². The Morgan fingerprint density at radius 1 is 0.311 bits per heavy atom. The summed E-state index contributed by atoms with van der Waals surface area (Å²) in [7, 11) is 0. The molecule has 2 fully saturated rings. The summed E-state index contributed by atoms with van der Waals surface area (Å²) in [5, 5.41) is 81.6. The summed E-state index contributed by atoms with van der Waals surface area (Å²) in [4.78, 5) is 9.39. The lowest BCUT2D eigenvalue weighted by Gasteiger charge is -2.39. The van der Waals surface area contributed by atoms with Crippen molar-refractivity contribution in [2.75, 3.05) is 13.2 Å². The second-order valence-corrected chi connectivity index (χ2v) is 22.2. The van der Waals surface area contributed by atoms with E-state index < -0.39 is 277 Å². The number of hydrogen-bond acceptors (Lipinski definition) is 14. The first kappa shape index (κ1) is 64.1. The summed E-state index contributed by atoms with van der Waals surface area (Å²) in [6, 6.07) is 2.49. The molecule has 0 amide bonds. The van der Waals surface area contributed by atoms with Crippen molar-refractivity contribution in [1.29, 1.82) is 0 Å². The normalized spacial score (nSPS) is 22.6. The van der Waals surface area contributed by atoms with Crippen molar-refractivity contribution in [3.8, 4) is 44.5 Å². The van der Waals surface area contributed by atoms with Gasteiger partial charge in [-0.25, -0.2) is 89.0 Å². The predicted octanol–water partition coefficient (Wildman–Crippen LogP) is 9.61. The van der Waals surface area contributed by atoms with Crippen LogP contribution in [0, 0.1) is 105 Å². The number of ether oxygens (including phenoxy) is 2. The lowest BCUT2D eigenvalue weighted by molar-refractivity contribution is -0.205. The molecule has 4 aliphatic rings. The third-order valence-electron chi connectivity index (χ3n) is 14.8. The van der Waals surface area contributed by atoms with Crippen LogP contribution in [0.5, 0.6) is 0 Å². The van der Waals surface area contributed by atoms with E-state index >= 15 is 70.2 Å². The number of nitrogens with one attached hydrogen (secondary N) is 2. The number of aliphatic hydroxyl groups excluding tert-OH is 8. The van der Waals surface area contributed by atoms with Crippen LogP contribution in [-0.2, 0) is 9.47 Å². The van der Waals surface area contributed by atoms with Crippen molar-refractivity contribution >= 4 is 69.9 Å². The molecule has 0 saturated carbocycles. The van der Waals surface area contributed by atoms with Crippen LogP contribution in [0.3, 0.4) is 0 Å². The third-order valence-corrected chi connectivity index (χ3v) is 17.2. The van der Waals surface area contributed by atoms with Crippen LogP contribution < -0.4 is 0 Å². The van der Waals surface area contributed by atoms with E-state index in [0.717, 1.165) is 0 Å². The number of H-pyrrole nitrogens is 2. The summed E-state index contributed by atoms with van der Waals surface area (Å²) in [5.41, 5.74) is -25.3. The van der Waals surface area contributed by atoms with Gasteiger partial charge in [0, 0.05) is 44.3 Å². The van der Waals surface area contributed by atoms with Gasteiger partial charge in [-0.05, 0) is 48.6 Å². The van der Waals surface area contributed by atoms with Gasteiger partial charge in [-0.1, -0.05) is 23.5 Å². The number of aromatic amines is 2. The predicted molar refractivity (Wildman–Crippen MR) is 279 cm³/mol. The van der Waals surface area contributed by atoms with Gasteiger partial charge in [-0.3, -0.25) is 0 Å². The third kappa shape index (κ3) is 10.1. The van der Waals surface area contributed by atoms with Crippen LogP contribution in [0.15, 0.2) is 34.1 Å². The minimum atomic E-state index is -2.76. The summed E-state index contributed by atoms with van der Waals surface area (Å²) in [6.45, 7) is -2.20. The van der Waals surface area contributed by atoms with E-state index in [1.165, 1.54) is 0 Å². The fourth-order valence-electron chi connectivity index (χ4n) is 10.3. The largest absolute Gasteiger partial charge is 0.394 e. The average molecular weight is 1330 g/mol. The van der Waals surface area contributed by atoms with Crippen LogP contribution >= 0.6 is 23.5 Å². The standard InChI is InChI=1S/C56H32F18N4O10S2/c57-29-25(30(58)38(66)41(69)37(29)65)21-11-1-5-15(75-11)23(27-33(61)43(71)53(44(72)34(27)62)89-55-51(85)49(83)47(81)19(9-79)87-55)16-7-3-13(77-16)22(26-31(59)39(67)42(70)40(68)32(26)60)14-4-8-18(78-14)24(17-6-2-12(21)76-17)28-35(63)45(73)54(46(74)36(28)64)90-56-52(86)50(84)48(82)20(10-80)88-56/h1-8,19-20,47-52,55-56,75,78-86H,9-10H2/t19-,20-,47-,48-,49+,50?,51?,52?,55-,56-/m1/s1. The number of benzene rings is 4. The van der Waals surface area contributed by atoms with Crippen molar-refractivity contribution in [2.45, 2.75) is 69.5 Å². The van der Waals surface area contributed by atoms with Gasteiger partial charge in [0.15, 0.2) is 93.1 Å². The summed E-state index contributed by atoms with van der Waals surface area (Å²) >= 11 is -0.684. The first-order chi connectivity index (χ1) is 42.6. The number of halogens is 18. The number of nitrogens with zero attached hydrogens (tertiary/aromatic N) is 2. The molecule has 11 rings (SSSR count). The van der Waals surface area contributed by atoms with Crippen LogP contribution in [0.1, 0.15) is 22.8 Å².